The molecule has 3 rings (SSSR count). The molecule has 1 atom stereocenters. The lowest BCUT2D eigenvalue weighted by molar-refractivity contribution is 0.112. The Balaban J connectivity index is 0.000000595. The predicted molar refractivity (Wildman–Crippen MR) is 83.9 cm³/mol. The van der Waals surface area contributed by atoms with Crippen molar-refractivity contribution in [3.63, 3.8) is 0 Å². The molecule has 1 unspecified atom stereocenters. The van der Waals surface area contributed by atoms with Gasteiger partial charge in [-0.2, -0.15) is 0 Å². The van der Waals surface area contributed by atoms with Gasteiger partial charge in [-0.15, -0.1) is 0 Å². The average Bonchev–Trinajstić information content (AvgIpc) is 2.92. The summed E-state index contributed by atoms with van der Waals surface area (Å²) in [5.74, 6) is -1.84. The van der Waals surface area contributed by atoms with E-state index in [4.69, 9.17) is 4.42 Å². The highest BCUT2D eigenvalue weighted by atomic mass is 19.1. The molecule has 0 amide bonds. The Bertz CT molecular complexity index is 778. The summed E-state index contributed by atoms with van der Waals surface area (Å²) in [6.45, 7) is 0. The Labute approximate surface area is 132 Å². The second-order valence-electron chi connectivity index (χ2n) is 5.06. The van der Waals surface area contributed by atoms with Crippen LogP contribution in [0.1, 0.15) is 28.5 Å². The molecule has 0 saturated heterocycles. The Morgan fingerprint density at radius 3 is 2.61 bits per heavy atom. The number of carbonyl (C=O) groups excluding carboxylic acids is 1. The highest BCUT2D eigenvalue weighted by molar-refractivity contribution is 5.98. The number of fused-ring (bicyclic) bond motifs is 1. The van der Waals surface area contributed by atoms with Crippen molar-refractivity contribution in [3.05, 3.63) is 53.3 Å². The molecule has 1 aromatic carbocycles. The van der Waals surface area contributed by atoms with Gasteiger partial charge in [0.2, 0.25) is 0 Å². The zero-order valence-electron chi connectivity index (χ0n) is 12.8. The summed E-state index contributed by atoms with van der Waals surface area (Å²) in [5, 5.41) is 12.1. The number of aldehydes is 1. The molecule has 122 valence electrons. The highest BCUT2D eigenvalue weighted by Crippen LogP contribution is 2.37. The molecular weight excluding hydrogens is 304 g/mol. The van der Waals surface area contributed by atoms with Gasteiger partial charge in [-0.1, -0.05) is 6.08 Å². The van der Waals surface area contributed by atoms with Gasteiger partial charge in [0.15, 0.2) is 17.9 Å². The minimum Gasteiger partial charge on any atom is -0.505 e. The fourth-order valence-electron chi connectivity index (χ4n) is 2.36. The third-order valence-corrected chi connectivity index (χ3v) is 3.35. The third kappa shape index (κ3) is 3.32. The number of allylic oxidation sites excluding steroid dienone is 4. The van der Waals surface area contributed by atoms with Crippen LogP contribution in [0.2, 0.25) is 0 Å². The molecule has 4 nitrogen and oxygen atoms in total. The minimum atomic E-state index is -0.888. The molecule has 2 N–H and O–H groups in total. The predicted octanol–water partition coefficient (Wildman–Crippen LogP) is 3.82. The molecule has 1 aliphatic carbocycles. The number of hydrogen-bond donors (Lipinski definition) is 2. The van der Waals surface area contributed by atoms with Crippen LogP contribution >= 0.6 is 0 Å². The lowest BCUT2D eigenvalue weighted by Crippen LogP contribution is -1.99. The summed E-state index contributed by atoms with van der Waals surface area (Å²) in [7, 11) is 3.75. The van der Waals surface area contributed by atoms with Gasteiger partial charge in [0, 0.05) is 5.92 Å². The second kappa shape index (κ2) is 7.19. The standard InChI is InChI=1S/C15H10F2O3.C2H7N/c16-9-3-1-8(2-4-9)15-10(7-18)13-12(20-15)6-5-11(19)14(13)17;1-3-2/h1,3-8,19H,2H2;3H,1-2H3. The van der Waals surface area contributed by atoms with E-state index in [1.54, 1.807) is 6.08 Å². The number of phenols is 1. The summed E-state index contributed by atoms with van der Waals surface area (Å²) in [6, 6.07) is 2.56. The maximum absolute atomic E-state index is 13.9. The second-order valence-corrected chi connectivity index (χ2v) is 5.06. The van der Waals surface area contributed by atoms with Crippen LogP contribution in [0.4, 0.5) is 8.78 Å². The fourth-order valence-corrected chi connectivity index (χ4v) is 2.36. The number of carbonyl (C=O) groups is 1. The molecule has 23 heavy (non-hydrogen) atoms. The molecule has 0 spiro atoms. The molecule has 2 aromatic rings. The molecule has 1 heterocycles. The van der Waals surface area contributed by atoms with E-state index in [0.29, 0.717) is 12.7 Å². The first kappa shape index (κ1) is 16.9. The Hall–Kier alpha value is -2.47. The molecule has 0 aliphatic heterocycles. The first-order chi connectivity index (χ1) is 11.0. The van der Waals surface area contributed by atoms with Gasteiger partial charge in [-0.05, 0) is 44.8 Å². The van der Waals surface area contributed by atoms with Crippen LogP contribution < -0.4 is 5.32 Å². The van der Waals surface area contributed by atoms with Crippen LogP contribution in [-0.4, -0.2) is 25.5 Å². The number of furan rings is 1. The quantitative estimate of drug-likeness (QED) is 0.825. The van der Waals surface area contributed by atoms with Crippen LogP contribution in [0.15, 0.2) is 40.6 Å². The van der Waals surface area contributed by atoms with Crippen molar-refractivity contribution in [2.24, 2.45) is 0 Å². The van der Waals surface area contributed by atoms with Crippen molar-refractivity contribution < 1.29 is 23.1 Å². The maximum atomic E-state index is 13.9. The summed E-state index contributed by atoms with van der Waals surface area (Å²) in [4.78, 5) is 11.3. The topological polar surface area (TPSA) is 62.5 Å². The smallest absolute Gasteiger partial charge is 0.176 e. The molecule has 0 bridgehead atoms. The summed E-state index contributed by atoms with van der Waals surface area (Å²) >= 11 is 0. The lowest BCUT2D eigenvalue weighted by Gasteiger charge is -2.11. The van der Waals surface area contributed by atoms with Crippen molar-refractivity contribution in [2.45, 2.75) is 12.3 Å². The van der Waals surface area contributed by atoms with Gasteiger partial charge in [-0.25, -0.2) is 8.78 Å². The molecule has 1 aliphatic rings. The number of hydrogen-bond acceptors (Lipinski definition) is 4. The average molecular weight is 321 g/mol. The summed E-state index contributed by atoms with van der Waals surface area (Å²) in [6.07, 6.45) is 5.05. The molecule has 1 aromatic heterocycles. The first-order valence-corrected chi connectivity index (χ1v) is 7.04. The largest absolute Gasteiger partial charge is 0.505 e. The zero-order chi connectivity index (χ0) is 17.0. The first-order valence-electron chi connectivity index (χ1n) is 7.04. The number of halogens is 2. The Morgan fingerprint density at radius 2 is 2.04 bits per heavy atom. The van der Waals surface area contributed by atoms with Gasteiger partial charge in [0.25, 0.3) is 0 Å². The summed E-state index contributed by atoms with van der Waals surface area (Å²) < 4.78 is 32.4. The van der Waals surface area contributed by atoms with E-state index in [9.17, 15) is 18.7 Å². The van der Waals surface area contributed by atoms with Crippen LogP contribution in [0.5, 0.6) is 5.75 Å². The van der Waals surface area contributed by atoms with E-state index in [1.165, 1.54) is 18.2 Å². The van der Waals surface area contributed by atoms with E-state index in [2.05, 4.69) is 5.32 Å². The fraction of sp³-hybridized carbons (Fsp3) is 0.235. The lowest BCUT2D eigenvalue weighted by atomic mass is 9.94. The monoisotopic (exact) mass is 321 g/mol. The molecule has 0 radical (unpaired) electrons. The van der Waals surface area contributed by atoms with Crippen LogP contribution in [0, 0.1) is 5.82 Å². The normalized spacial score (nSPS) is 16.7. The van der Waals surface area contributed by atoms with Crippen LogP contribution in [-0.2, 0) is 0 Å². The van der Waals surface area contributed by atoms with Gasteiger partial charge in [-0.3, -0.25) is 4.79 Å². The van der Waals surface area contributed by atoms with Crippen molar-refractivity contribution in [1.29, 1.82) is 0 Å². The van der Waals surface area contributed by atoms with E-state index < -0.39 is 11.6 Å². The Morgan fingerprint density at radius 1 is 1.35 bits per heavy atom. The Kier molecular flexibility index (Phi) is 5.28. The van der Waals surface area contributed by atoms with Gasteiger partial charge in [0.05, 0.1) is 10.9 Å². The van der Waals surface area contributed by atoms with Crippen LogP contribution in [0.3, 0.4) is 0 Å². The number of benzene rings is 1. The van der Waals surface area contributed by atoms with Crippen molar-refractivity contribution in [3.8, 4) is 5.75 Å². The molecular formula is C17H17F2NO3. The maximum Gasteiger partial charge on any atom is 0.176 e. The SMILES string of the molecule is CNC.O=Cc1c(C2C=CC(F)=CC2)oc2ccc(O)c(F)c12. The number of nitrogens with one attached hydrogen (secondary N) is 1. The summed E-state index contributed by atoms with van der Waals surface area (Å²) in [5.41, 5.74) is 0.236. The van der Waals surface area contributed by atoms with Gasteiger partial charge < -0.3 is 14.8 Å². The molecule has 0 fully saturated rings. The van der Waals surface area contributed by atoms with E-state index in [-0.39, 0.29) is 34.0 Å². The zero-order valence-corrected chi connectivity index (χ0v) is 12.8. The van der Waals surface area contributed by atoms with Crippen molar-refractivity contribution >= 4 is 17.3 Å². The van der Waals surface area contributed by atoms with Crippen LogP contribution in [0.25, 0.3) is 11.0 Å². The number of aromatic hydroxyl groups is 1. The number of phenolic OH excluding ortho intramolecular Hbond substituents is 1. The third-order valence-electron chi connectivity index (χ3n) is 3.35. The molecule has 6 heteroatoms. The van der Waals surface area contributed by atoms with Gasteiger partial charge >= 0.3 is 0 Å². The number of rotatable bonds is 2. The van der Waals surface area contributed by atoms with E-state index in [0.717, 1.165) is 6.07 Å². The van der Waals surface area contributed by atoms with E-state index >= 15 is 0 Å². The van der Waals surface area contributed by atoms with Crippen molar-refractivity contribution in [2.75, 3.05) is 14.1 Å². The van der Waals surface area contributed by atoms with Crippen molar-refractivity contribution in [1.82, 2.24) is 5.32 Å². The van der Waals surface area contributed by atoms with E-state index in [1.807, 2.05) is 14.1 Å². The minimum absolute atomic E-state index is 0.0431. The highest BCUT2D eigenvalue weighted by Gasteiger charge is 2.24. The molecule has 0 saturated carbocycles. The van der Waals surface area contributed by atoms with Gasteiger partial charge in [0.1, 0.15) is 17.2 Å².